The van der Waals surface area contributed by atoms with Gasteiger partial charge in [-0.05, 0) is 26.8 Å². The second kappa shape index (κ2) is 5.47. The van der Waals surface area contributed by atoms with E-state index in [4.69, 9.17) is 0 Å². The molecule has 80 valence electrons. The van der Waals surface area contributed by atoms with Crippen LogP contribution in [0.25, 0.3) is 0 Å². The molecule has 1 aromatic heterocycles. The molecule has 0 aliphatic heterocycles. The molecule has 0 saturated carbocycles. The largest absolute Gasteiger partial charge is 0.312 e. The zero-order valence-electron chi connectivity index (χ0n) is 9.50. The van der Waals surface area contributed by atoms with Crippen molar-refractivity contribution in [2.75, 3.05) is 7.05 Å². The normalized spacial score (nSPS) is 13.5. The standard InChI is InChI=1S/C11H20N2S/c1-5-9(6-2)11-13-7-10(14-11)8(3)12-4/h7-9,12H,5-6H2,1-4H3. The van der Waals surface area contributed by atoms with Gasteiger partial charge in [0.1, 0.15) is 0 Å². The molecular formula is C11H20N2S. The minimum absolute atomic E-state index is 0.426. The molecule has 1 rings (SSSR count). The van der Waals surface area contributed by atoms with E-state index in [9.17, 15) is 0 Å². The van der Waals surface area contributed by atoms with Crippen molar-refractivity contribution in [2.24, 2.45) is 0 Å². The molecule has 0 aliphatic carbocycles. The Morgan fingerprint density at radius 3 is 2.57 bits per heavy atom. The molecule has 0 fully saturated rings. The zero-order valence-corrected chi connectivity index (χ0v) is 10.3. The number of hydrogen-bond acceptors (Lipinski definition) is 3. The first-order valence-electron chi connectivity index (χ1n) is 5.35. The first-order chi connectivity index (χ1) is 6.72. The highest BCUT2D eigenvalue weighted by molar-refractivity contribution is 7.11. The van der Waals surface area contributed by atoms with Crippen LogP contribution < -0.4 is 5.32 Å². The molecule has 1 unspecified atom stereocenters. The average Bonchev–Trinajstić information content (AvgIpc) is 2.68. The molecule has 0 aromatic carbocycles. The molecule has 3 heteroatoms. The molecule has 0 amide bonds. The Morgan fingerprint density at radius 2 is 2.07 bits per heavy atom. The van der Waals surface area contributed by atoms with Crippen LogP contribution >= 0.6 is 11.3 Å². The summed E-state index contributed by atoms with van der Waals surface area (Å²) in [5, 5.41) is 4.54. The van der Waals surface area contributed by atoms with E-state index in [0.717, 1.165) is 0 Å². The number of nitrogens with zero attached hydrogens (tertiary/aromatic N) is 1. The molecule has 0 radical (unpaired) electrons. The van der Waals surface area contributed by atoms with Crippen molar-refractivity contribution in [3.63, 3.8) is 0 Å². The predicted octanol–water partition coefficient (Wildman–Crippen LogP) is 3.33. The average molecular weight is 212 g/mol. The maximum atomic E-state index is 4.51. The Labute approximate surface area is 90.8 Å². The Hall–Kier alpha value is -0.410. The smallest absolute Gasteiger partial charge is 0.0958 e. The summed E-state index contributed by atoms with van der Waals surface area (Å²) in [5.74, 6) is 0.651. The van der Waals surface area contributed by atoms with E-state index in [2.05, 4.69) is 31.1 Å². The minimum Gasteiger partial charge on any atom is -0.312 e. The third-order valence-electron chi connectivity index (χ3n) is 2.74. The van der Waals surface area contributed by atoms with Crippen LogP contribution in [0.2, 0.25) is 0 Å². The molecule has 0 bridgehead atoms. The lowest BCUT2D eigenvalue weighted by atomic mass is 10.1. The van der Waals surface area contributed by atoms with Crippen LogP contribution in [0.5, 0.6) is 0 Å². The lowest BCUT2D eigenvalue weighted by molar-refractivity contribution is 0.637. The monoisotopic (exact) mass is 212 g/mol. The van der Waals surface area contributed by atoms with Crippen molar-refractivity contribution >= 4 is 11.3 Å². The summed E-state index contributed by atoms with van der Waals surface area (Å²) in [4.78, 5) is 5.85. The van der Waals surface area contributed by atoms with E-state index in [1.807, 2.05) is 24.6 Å². The number of thiazole rings is 1. The molecule has 1 heterocycles. The molecule has 1 aromatic rings. The fourth-order valence-electron chi connectivity index (χ4n) is 1.47. The maximum Gasteiger partial charge on any atom is 0.0958 e. The van der Waals surface area contributed by atoms with Gasteiger partial charge in [-0.2, -0.15) is 0 Å². The maximum absolute atomic E-state index is 4.51. The van der Waals surface area contributed by atoms with Gasteiger partial charge in [0.25, 0.3) is 0 Å². The summed E-state index contributed by atoms with van der Waals surface area (Å²) in [6.07, 6.45) is 4.40. The van der Waals surface area contributed by atoms with Gasteiger partial charge in [0.05, 0.1) is 5.01 Å². The second-order valence-electron chi connectivity index (χ2n) is 3.62. The Morgan fingerprint density at radius 1 is 1.43 bits per heavy atom. The molecule has 2 nitrogen and oxygen atoms in total. The summed E-state index contributed by atoms with van der Waals surface area (Å²) in [7, 11) is 1.99. The van der Waals surface area contributed by atoms with Crippen molar-refractivity contribution in [1.82, 2.24) is 10.3 Å². The van der Waals surface area contributed by atoms with Crippen molar-refractivity contribution in [2.45, 2.75) is 45.6 Å². The fraction of sp³-hybridized carbons (Fsp3) is 0.727. The van der Waals surface area contributed by atoms with Gasteiger partial charge in [-0.15, -0.1) is 11.3 Å². The quantitative estimate of drug-likeness (QED) is 0.810. The Kier molecular flexibility index (Phi) is 4.55. The van der Waals surface area contributed by atoms with Crippen LogP contribution in [-0.4, -0.2) is 12.0 Å². The van der Waals surface area contributed by atoms with Gasteiger partial charge in [-0.25, -0.2) is 4.98 Å². The lowest BCUT2D eigenvalue weighted by Gasteiger charge is -2.08. The number of nitrogens with one attached hydrogen (secondary N) is 1. The molecule has 1 atom stereocenters. The van der Waals surface area contributed by atoms with E-state index in [1.165, 1.54) is 22.7 Å². The summed E-state index contributed by atoms with van der Waals surface area (Å²) in [6.45, 7) is 6.64. The van der Waals surface area contributed by atoms with E-state index in [-0.39, 0.29) is 0 Å². The van der Waals surface area contributed by atoms with Gasteiger partial charge in [-0.1, -0.05) is 13.8 Å². The van der Waals surface area contributed by atoms with Crippen LogP contribution in [0.4, 0.5) is 0 Å². The zero-order chi connectivity index (χ0) is 10.6. The SMILES string of the molecule is CCC(CC)c1ncc(C(C)NC)s1. The van der Waals surface area contributed by atoms with Gasteiger partial charge in [0.15, 0.2) is 0 Å². The van der Waals surface area contributed by atoms with E-state index in [1.54, 1.807) is 0 Å². The van der Waals surface area contributed by atoms with Gasteiger partial charge in [0, 0.05) is 23.0 Å². The molecule has 0 saturated heterocycles. The van der Waals surface area contributed by atoms with Gasteiger partial charge >= 0.3 is 0 Å². The van der Waals surface area contributed by atoms with Gasteiger partial charge < -0.3 is 5.32 Å². The van der Waals surface area contributed by atoms with Crippen molar-refractivity contribution in [3.8, 4) is 0 Å². The lowest BCUT2D eigenvalue weighted by Crippen LogP contribution is -2.10. The van der Waals surface area contributed by atoms with E-state index in [0.29, 0.717) is 12.0 Å². The van der Waals surface area contributed by atoms with Gasteiger partial charge in [-0.3, -0.25) is 0 Å². The minimum atomic E-state index is 0.426. The Bertz CT molecular complexity index is 266. The summed E-state index contributed by atoms with van der Waals surface area (Å²) in [5.41, 5.74) is 0. The topological polar surface area (TPSA) is 24.9 Å². The van der Waals surface area contributed by atoms with Crippen molar-refractivity contribution in [3.05, 3.63) is 16.1 Å². The van der Waals surface area contributed by atoms with Crippen LogP contribution in [0.15, 0.2) is 6.20 Å². The Balaban J connectivity index is 2.76. The molecular weight excluding hydrogens is 192 g/mol. The molecule has 0 spiro atoms. The van der Waals surface area contributed by atoms with Crippen molar-refractivity contribution < 1.29 is 0 Å². The van der Waals surface area contributed by atoms with Crippen LogP contribution in [0.1, 0.15) is 55.5 Å². The fourth-order valence-corrected chi connectivity index (χ4v) is 2.72. The van der Waals surface area contributed by atoms with Crippen molar-refractivity contribution in [1.29, 1.82) is 0 Å². The predicted molar refractivity (Wildman–Crippen MR) is 62.9 cm³/mol. The highest BCUT2D eigenvalue weighted by Crippen LogP contribution is 2.29. The third-order valence-corrected chi connectivity index (χ3v) is 4.08. The number of hydrogen-bond donors (Lipinski definition) is 1. The summed E-state index contributed by atoms with van der Waals surface area (Å²) >= 11 is 1.85. The number of aromatic nitrogens is 1. The first kappa shape index (κ1) is 11.7. The third kappa shape index (κ3) is 2.55. The highest BCUT2D eigenvalue weighted by Gasteiger charge is 2.13. The summed E-state index contributed by atoms with van der Waals surface area (Å²) in [6, 6.07) is 0.426. The summed E-state index contributed by atoms with van der Waals surface area (Å²) < 4.78 is 0. The van der Waals surface area contributed by atoms with Crippen LogP contribution in [0.3, 0.4) is 0 Å². The van der Waals surface area contributed by atoms with E-state index >= 15 is 0 Å². The highest BCUT2D eigenvalue weighted by atomic mass is 32.1. The first-order valence-corrected chi connectivity index (χ1v) is 6.17. The molecule has 0 aliphatic rings. The second-order valence-corrected chi connectivity index (χ2v) is 4.72. The van der Waals surface area contributed by atoms with Crippen LogP contribution in [0, 0.1) is 0 Å². The van der Waals surface area contributed by atoms with E-state index < -0.39 is 0 Å². The van der Waals surface area contributed by atoms with Crippen LogP contribution in [-0.2, 0) is 0 Å². The molecule has 14 heavy (non-hydrogen) atoms. The molecule has 1 N–H and O–H groups in total. The van der Waals surface area contributed by atoms with Gasteiger partial charge in [0.2, 0.25) is 0 Å². The number of rotatable bonds is 5.